The Morgan fingerprint density at radius 3 is 2.24 bits per heavy atom. The number of nitrogens with two attached hydrogens (primary N) is 1. The first-order valence-electron chi connectivity index (χ1n) is 6.65. The molecule has 0 aliphatic rings. The van der Waals surface area contributed by atoms with E-state index in [1.807, 2.05) is 0 Å². The van der Waals surface area contributed by atoms with Gasteiger partial charge in [-0.05, 0) is 0 Å². The first-order chi connectivity index (χ1) is 11.4. The summed E-state index contributed by atoms with van der Waals surface area (Å²) in [5, 5.41) is 3.76. The summed E-state index contributed by atoms with van der Waals surface area (Å²) < 4.78 is 81.2. The second-order valence-corrected chi connectivity index (χ2v) is 4.95. The quantitative estimate of drug-likeness (QED) is 0.826. The number of aromatic nitrogens is 2. The lowest BCUT2D eigenvalue weighted by atomic mass is 10.1. The van der Waals surface area contributed by atoms with E-state index in [1.165, 1.54) is 12.1 Å². The molecule has 2 aromatic rings. The van der Waals surface area contributed by atoms with E-state index in [-0.39, 0.29) is 11.3 Å². The minimum absolute atomic E-state index is 0.191. The molecule has 0 saturated carbocycles. The summed E-state index contributed by atoms with van der Waals surface area (Å²) in [6, 6.07) is 7.64. The molecule has 0 spiro atoms. The highest BCUT2D eigenvalue weighted by Gasteiger charge is 2.60. The van der Waals surface area contributed by atoms with E-state index in [4.69, 9.17) is 5.73 Å². The van der Waals surface area contributed by atoms with Gasteiger partial charge in [0.05, 0.1) is 0 Å². The average molecular weight is 367 g/mol. The molecule has 0 saturated heterocycles. The fourth-order valence-corrected chi connectivity index (χ4v) is 2.02. The van der Waals surface area contributed by atoms with Gasteiger partial charge in [-0.15, -0.1) is 0 Å². The number of aryl methyl sites for hydroxylation is 1. The first-order valence-corrected chi connectivity index (χ1v) is 6.65. The maximum Gasteiger partial charge on any atom is 0.440 e. The van der Waals surface area contributed by atoms with Crippen molar-refractivity contribution >= 4 is 5.91 Å². The fourth-order valence-electron chi connectivity index (χ4n) is 2.02. The van der Waals surface area contributed by atoms with Gasteiger partial charge < -0.3 is 10.5 Å². The van der Waals surface area contributed by atoms with Crippen LogP contribution in [0.2, 0.25) is 0 Å². The topological polar surface area (TPSA) is 70.1 Å². The monoisotopic (exact) mass is 367 g/mol. The van der Waals surface area contributed by atoms with Crippen LogP contribution in [0.1, 0.15) is 10.4 Å². The molecule has 1 aromatic heterocycles. The standard InChI is InChI=1S/C14H11F6N3O2/c1-23-11(25-14(19,20)12(15)13(16,17)18)8(10(21)24)9(22-23)7-5-3-2-4-6-7/h2-6,12H,1H3,(H2,21,24). The largest absolute Gasteiger partial charge is 0.440 e. The second-order valence-electron chi connectivity index (χ2n) is 4.95. The highest BCUT2D eigenvalue weighted by atomic mass is 19.4. The second kappa shape index (κ2) is 6.30. The van der Waals surface area contributed by atoms with Crippen molar-refractivity contribution in [3.8, 4) is 17.1 Å². The number of rotatable bonds is 5. The van der Waals surface area contributed by atoms with Crippen molar-refractivity contribution in [2.24, 2.45) is 12.8 Å². The number of ether oxygens (including phenoxy) is 1. The molecule has 0 radical (unpaired) electrons. The Morgan fingerprint density at radius 2 is 1.76 bits per heavy atom. The third-order valence-corrected chi connectivity index (χ3v) is 3.10. The van der Waals surface area contributed by atoms with E-state index in [2.05, 4.69) is 9.84 Å². The molecule has 1 heterocycles. The molecule has 2 rings (SSSR count). The Morgan fingerprint density at radius 1 is 1.20 bits per heavy atom. The number of alkyl halides is 6. The lowest BCUT2D eigenvalue weighted by Crippen LogP contribution is -2.46. The third kappa shape index (κ3) is 3.69. The predicted octanol–water partition coefficient (Wildman–Crippen LogP) is 3.06. The summed E-state index contributed by atoms with van der Waals surface area (Å²) in [5.74, 6) is -2.36. The van der Waals surface area contributed by atoms with Gasteiger partial charge in [0.25, 0.3) is 12.1 Å². The molecule has 1 unspecified atom stereocenters. The Hall–Kier alpha value is -2.72. The first kappa shape index (κ1) is 18.6. The Bertz CT molecular complexity index is 773. The summed E-state index contributed by atoms with van der Waals surface area (Å²) in [7, 11) is 1.03. The smallest absolute Gasteiger partial charge is 0.412 e. The molecule has 25 heavy (non-hydrogen) atoms. The molecule has 1 amide bonds. The van der Waals surface area contributed by atoms with E-state index in [0.717, 1.165) is 7.05 Å². The number of carbonyl (C=O) groups excluding carboxylic acids is 1. The lowest BCUT2D eigenvalue weighted by molar-refractivity contribution is -0.306. The Balaban J connectivity index is 2.52. The molecule has 1 atom stereocenters. The number of halogens is 6. The molecule has 0 fully saturated rings. The molecule has 1 aromatic carbocycles. The summed E-state index contributed by atoms with van der Waals surface area (Å²) in [6.45, 7) is 0. The number of hydrogen-bond acceptors (Lipinski definition) is 3. The molecule has 136 valence electrons. The van der Waals surface area contributed by atoms with Gasteiger partial charge in [0, 0.05) is 12.6 Å². The summed E-state index contributed by atoms with van der Waals surface area (Å²) in [5.41, 5.74) is 4.51. The van der Waals surface area contributed by atoms with Crippen molar-refractivity contribution in [1.82, 2.24) is 9.78 Å². The summed E-state index contributed by atoms with van der Waals surface area (Å²) in [4.78, 5) is 11.6. The van der Waals surface area contributed by atoms with Crippen LogP contribution in [0.4, 0.5) is 26.3 Å². The zero-order valence-electron chi connectivity index (χ0n) is 12.5. The molecule has 5 nitrogen and oxygen atoms in total. The molecule has 0 bridgehead atoms. The van der Waals surface area contributed by atoms with Crippen LogP contribution >= 0.6 is 0 Å². The molecule has 0 aliphatic carbocycles. The van der Waals surface area contributed by atoms with Gasteiger partial charge in [-0.2, -0.15) is 27.1 Å². The van der Waals surface area contributed by atoms with Gasteiger partial charge >= 0.3 is 12.3 Å². The maximum atomic E-state index is 13.5. The highest BCUT2D eigenvalue weighted by molar-refractivity contribution is 6.01. The van der Waals surface area contributed by atoms with Gasteiger partial charge in [0.1, 0.15) is 11.3 Å². The molecule has 0 aliphatic heterocycles. The third-order valence-electron chi connectivity index (χ3n) is 3.10. The number of carbonyl (C=O) groups is 1. The molecule has 2 N–H and O–H groups in total. The van der Waals surface area contributed by atoms with Crippen LogP contribution in [0.15, 0.2) is 30.3 Å². The van der Waals surface area contributed by atoms with Gasteiger partial charge in [-0.1, -0.05) is 30.3 Å². The van der Waals surface area contributed by atoms with Crippen molar-refractivity contribution < 1.29 is 35.9 Å². The van der Waals surface area contributed by atoms with Crippen molar-refractivity contribution in [1.29, 1.82) is 0 Å². The fraction of sp³-hybridized carbons (Fsp3) is 0.286. The molecular weight excluding hydrogens is 356 g/mol. The highest BCUT2D eigenvalue weighted by Crippen LogP contribution is 2.39. The van der Waals surface area contributed by atoms with Crippen molar-refractivity contribution in [3.05, 3.63) is 35.9 Å². The number of hydrogen-bond donors (Lipinski definition) is 1. The van der Waals surface area contributed by atoms with Gasteiger partial charge in [0.2, 0.25) is 5.88 Å². The van der Waals surface area contributed by atoms with Crippen LogP contribution in [-0.2, 0) is 7.05 Å². The molecular formula is C14H11F6N3O2. The average Bonchev–Trinajstić information content (AvgIpc) is 2.83. The predicted molar refractivity (Wildman–Crippen MR) is 73.7 cm³/mol. The zero-order chi connectivity index (χ0) is 19.0. The van der Waals surface area contributed by atoms with Gasteiger partial charge in [-0.25, -0.2) is 9.07 Å². The van der Waals surface area contributed by atoms with Gasteiger partial charge in [0.15, 0.2) is 0 Å². The molecule has 11 heteroatoms. The zero-order valence-corrected chi connectivity index (χ0v) is 12.5. The van der Waals surface area contributed by atoms with Crippen molar-refractivity contribution in [3.63, 3.8) is 0 Å². The number of nitrogens with zero attached hydrogens (tertiary/aromatic N) is 2. The summed E-state index contributed by atoms with van der Waals surface area (Å²) in [6.07, 6.45) is -15.8. The Labute approximate surface area is 137 Å². The van der Waals surface area contributed by atoms with Crippen LogP contribution in [0, 0.1) is 0 Å². The van der Waals surface area contributed by atoms with Crippen LogP contribution in [0.25, 0.3) is 11.3 Å². The maximum absolute atomic E-state index is 13.5. The van der Waals surface area contributed by atoms with E-state index < -0.39 is 35.8 Å². The normalized spacial score (nSPS) is 13.6. The Kier molecular flexibility index (Phi) is 4.69. The van der Waals surface area contributed by atoms with Crippen molar-refractivity contribution in [2.75, 3.05) is 0 Å². The lowest BCUT2D eigenvalue weighted by Gasteiger charge is -2.23. The number of primary amides is 1. The van der Waals surface area contributed by atoms with E-state index in [1.54, 1.807) is 18.2 Å². The van der Waals surface area contributed by atoms with Crippen LogP contribution < -0.4 is 10.5 Å². The summed E-state index contributed by atoms with van der Waals surface area (Å²) >= 11 is 0. The van der Waals surface area contributed by atoms with Crippen LogP contribution in [0.3, 0.4) is 0 Å². The number of amides is 1. The van der Waals surface area contributed by atoms with E-state index in [0.29, 0.717) is 4.68 Å². The minimum Gasteiger partial charge on any atom is -0.412 e. The van der Waals surface area contributed by atoms with Crippen LogP contribution in [0.5, 0.6) is 5.88 Å². The minimum atomic E-state index is -5.86. The van der Waals surface area contributed by atoms with Gasteiger partial charge in [-0.3, -0.25) is 4.79 Å². The van der Waals surface area contributed by atoms with E-state index in [9.17, 15) is 31.1 Å². The van der Waals surface area contributed by atoms with E-state index >= 15 is 0 Å². The SMILES string of the molecule is Cn1nc(-c2ccccc2)c(C(N)=O)c1OC(F)(F)C(F)C(F)(F)F. The number of benzene rings is 1. The van der Waals surface area contributed by atoms with Crippen LogP contribution in [-0.4, -0.2) is 34.1 Å². The van der Waals surface area contributed by atoms with Crippen molar-refractivity contribution in [2.45, 2.75) is 18.5 Å².